The van der Waals surface area contributed by atoms with Crippen molar-refractivity contribution >= 4 is 28.4 Å². The zero-order chi connectivity index (χ0) is 16.9. The maximum absolute atomic E-state index is 6.23. The van der Waals surface area contributed by atoms with Crippen LogP contribution in [-0.4, -0.2) is 29.6 Å². The van der Waals surface area contributed by atoms with Crippen LogP contribution in [0.25, 0.3) is 0 Å². The van der Waals surface area contributed by atoms with Gasteiger partial charge in [-0.3, -0.25) is 0 Å². The number of hydrogen-bond donors (Lipinski definition) is 0. The molecule has 3 aliphatic rings. The van der Waals surface area contributed by atoms with Crippen molar-refractivity contribution in [3.8, 4) is 0 Å². The molecule has 4 nitrogen and oxygen atoms in total. The predicted octanol–water partition coefficient (Wildman–Crippen LogP) is 4.18. The molecular formula is C18H22O4S2. The second kappa shape index (κ2) is 5.87. The van der Waals surface area contributed by atoms with Gasteiger partial charge in [0, 0.05) is 24.3 Å². The molecule has 1 saturated heterocycles. The number of hydrogen-bond acceptors (Lipinski definition) is 6. The van der Waals surface area contributed by atoms with Gasteiger partial charge in [0.05, 0.1) is 19.5 Å². The van der Waals surface area contributed by atoms with E-state index in [0.29, 0.717) is 17.6 Å². The first-order chi connectivity index (χ1) is 11.5. The minimum absolute atomic E-state index is 0.0590. The third-order valence-corrected chi connectivity index (χ3v) is 6.56. The Balaban J connectivity index is 1.77. The van der Waals surface area contributed by atoms with Crippen LogP contribution in [0.15, 0.2) is 22.8 Å². The van der Waals surface area contributed by atoms with E-state index in [2.05, 4.69) is 26.0 Å². The highest BCUT2D eigenvalue weighted by Crippen LogP contribution is 2.56. The molecule has 130 valence electrons. The molecule has 0 amide bonds. The zero-order valence-corrected chi connectivity index (χ0v) is 15.8. The Bertz CT molecular complexity index is 689. The minimum atomic E-state index is -0.609. The Hall–Kier alpha value is -0.820. The fourth-order valence-corrected chi connectivity index (χ4v) is 4.55. The first-order valence-corrected chi connectivity index (χ1v) is 9.89. The van der Waals surface area contributed by atoms with Crippen molar-refractivity contribution in [1.82, 2.24) is 0 Å². The van der Waals surface area contributed by atoms with Gasteiger partial charge in [-0.05, 0) is 42.5 Å². The third-order valence-electron chi connectivity index (χ3n) is 5.53. The molecule has 1 aliphatic heterocycles. The SMILES string of the molecule is CSC(=S)O[C@@H]1c2c(C)coc2C[C@]2(C)C=CC3(C[C@H]12)OCCO3. The molecule has 0 saturated carbocycles. The van der Waals surface area contributed by atoms with Crippen LogP contribution >= 0.6 is 24.0 Å². The number of furan rings is 1. The first-order valence-electron chi connectivity index (χ1n) is 8.26. The fraction of sp³-hybridized carbons (Fsp3) is 0.611. The zero-order valence-electron chi connectivity index (χ0n) is 14.2. The molecule has 4 rings (SSSR count). The summed E-state index contributed by atoms with van der Waals surface area (Å²) in [5.74, 6) is 0.616. The van der Waals surface area contributed by atoms with E-state index in [1.54, 1.807) is 0 Å². The predicted molar refractivity (Wildman–Crippen MR) is 97.1 cm³/mol. The molecule has 0 unspecified atom stereocenters. The van der Waals surface area contributed by atoms with E-state index >= 15 is 0 Å². The Morgan fingerprint density at radius 3 is 2.79 bits per heavy atom. The molecule has 2 heterocycles. The van der Waals surface area contributed by atoms with Crippen molar-refractivity contribution in [1.29, 1.82) is 0 Å². The summed E-state index contributed by atoms with van der Waals surface area (Å²) in [6.45, 7) is 5.60. The summed E-state index contributed by atoms with van der Waals surface area (Å²) in [6, 6.07) is 0. The van der Waals surface area contributed by atoms with Crippen LogP contribution < -0.4 is 0 Å². The lowest BCUT2D eigenvalue weighted by Crippen LogP contribution is -2.47. The van der Waals surface area contributed by atoms with E-state index in [1.165, 1.54) is 11.8 Å². The maximum atomic E-state index is 6.23. The fourth-order valence-electron chi connectivity index (χ4n) is 4.24. The standard InChI is InChI=1S/C18H22O4S2/c1-11-10-19-13-9-17(2)4-5-18(20-6-7-21-18)8-12(17)15(14(11)13)22-16(23)24-3/h4-5,10,12,15H,6-9H2,1-3H3/t12-,15+,17+/m1/s1. The number of allylic oxidation sites excluding steroid dienone is 1. The summed E-state index contributed by atoms with van der Waals surface area (Å²) in [6.07, 6.45) is 9.58. The lowest BCUT2D eigenvalue weighted by atomic mass is 9.60. The van der Waals surface area contributed by atoms with Gasteiger partial charge >= 0.3 is 0 Å². The van der Waals surface area contributed by atoms with E-state index in [9.17, 15) is 0 Å². The second-order valence-electron chi connectivity index (χ2n) is 7.08. The number of ether oxygens (including phenoxy) is 3. The number of thiocarbonyl (C=S) groups is 1. The van der Waals surface area contributed by atoms with Gasteiger partial charge in [0.2, 0.25) is 4.38 Å². The smallest absolute Gasteiger partial charge is 0.220 e. The molecule has 1 fully saturated rings. The van der Waals surface area contributed by atoms with Gasteiger partial charge in [0.25, 0.3) is 0 Å². The quantitative estimate of drug-likeness (QED) is 0.549. The Morgan fingerprint density at radius 1 is 1.33 bits per heavy atom. The Labute approximate surface area is 151 Å². The molecule has 0 radical (unpaired) electrons. The second-order valence-corrected chi connectivity index (χ2v) is 8.49. The Kier molecular flexibility index (Phi) is 4.07. The molecule has 0 N–H and O–H groups in total. The van der Waals surface area contributed by atoms with Crippen LogP contribution in [0.5, 0.6) is 0 Å². The highest BCUT2D eigenvalue weighted by molar-refractivity contribution is 8.22. The summed E-state index contributed by atoms with van der Waals surface area (Å²) >= 11 is 6.83. The summed E-state index contributed by atoms with van der Waals surface area (Å²) in [5.41, 5.74) is 2.21. The van der Waals surface area contributed by atoms with E-state index < -0.39 is 5.79 Å². The molecule has 24 heavy (non-hydrogen) atoms. The highest BCUT2D eigenvalue weighted by atomic mass is 32.2. The highest BCUT2D eigenvalue weighted by Gasteiger charge is 2.54. The number of aryl methyl sites for hydroxylation is 1. The van der Waals surface area contributed by atoms with Crippen LogP contribution in [0, 0.1) is 18.3 Å². The molecule has 6 heteroatoms. The molecule has 1 spiro atoms. The van der Waals surface area contributed by atoms with E-state index in [4.69, 9.17) is 30.8 Å². The molecular weight excluding hydrogens is 344 g/mol. The van der Waals surface area contributed by atoms with Gasteiger partial charge in [-0.15, -0.1) is 0 Å². The lowest BCUT2D eigenvalue weighted by Gasteiger charge is -2.48. The van der Waals surface area contributed by atoms with Crippen LogP contribution in [0.4, 0.5) is 0 Å². The number of thioether (sulfide) groups is 1. The van der Waals surface area contributed by atoms with Gasteiger partial charge in [-0.2, -0.15) is 0 Å². The maximum Gasteiger partial charge on any atom is 0.220 e. The monoisotopic (exact) mass is 366 g/mol. The van der Waals surface area contributed by atoms with E-state index in [-0.39, 0.29) is 17.4 Å². The summed E-state index contributed by atoms with van der Waals surface area (Å²) in [5, 5.41) is 0. The van der Waals surface area contributed by atoms with Gasteiger partial charge in [-0.25, -0.2) is 0 Å². The van der Waals surface area contributed by atoms with Crippen molar-refractivity contribution in [3.63, 3.8) is 0 Å². The van der Waals surface area contributed by atoms with Crippen LogP contribution in [0.3, 0.4) is 0 Å². The van der Waals surface area contributed by atoms with Crippen LogP contribution in [0.2, 0.25) is 0 Å². The van der Waals surface area contributed by atoms with Gasteiger partial charge in [0.15, 0.2) is 5.79 Å². The van der Waals surface area contributed by atoms with Crippen LogP contribution in [0.1, 0.15) is 36.3 Å². The Morgan fingerprint density at radius 2 is 2.08 bits per heavy atom. The van der Waals surface area contributed by atoms with E-state index in [0.717, 1.165) is 29.7 Å². The summed E-state index contributed by atoms with van der Waals surface area (Å²) in [4.78, 5) is 0. The molecule has 1 aromatic rings. The normalized spacial score (nSPS) is 33.3. The van der Waals surface area contributed by atoms with E-state index in [1.807, 2.05) is 12.5 Å². The van der Waals surface area contributed by atoms with Crippen LogP contribution in [-0.2, 0) is 20.6 Å². The van der Waals surface area contributed by atoms with Crippen molar-refractivity contribution in [3.05, 3.63) is 35.3 Å². The minimum Gasteiger partial charge on any atom is -0.470 e. The molecule has 0 bridgehead atoms. The average molecular weight is 367 g/mol. The van der Waals surface area contributed by atoms with Crippen molar-refractivity contribution < 1.29 is 18.6 Å². The molecule has 2 aliphatic carbocycles. The molecule has 0 aromatic carbocycles. The largest absolute Gasteiger partial charge is 0.470 e. The lowest BCUT2D eigenvalue weighted by molar-refractivity contribution is -0.157. The van der Waals surface area contributed by atoms with Crippen molar-refractivity contribution in [2.45, 2.75) is 38.6 Å². The van der Waals surface area contributed by atoms with Gasteiger partial charge < -0.3 is 18.6 Å². The summed E-state index contributed by atoms with van der Waals surface area (Å²) in [7, 11) is 0. The number of rotatable bonds is 1. The number of fused-ring (bicyclic) bond motifs is 2. The molecule has 3 atom stereocenters. The van der Waals surface area contributed by atoms with Crippen molar-refractivity contribution in [2.24, 2.45) is 11.3 Å². The first kappa shape index (κ1) is 16.6. The third kappa shape index (κ3) is 2.55. The van der Waals surface area contributed by atoms with Gasteiger partial charge in [0.1, 0.15) is 11.9 Å². The molecule has 1 aromatic heterocycles. The topological polar surface area (TPSA) is 40.8 Å². The average Bonchev–Trinajstić information content (AvgIpc) is 3.16. The summed E-state index contributed by atoms with van der Waals surface area (Å²) < 4.78 is 24.5. The van der Waals surface area contributed by atoms with Gasteiger partial charge in [-0.1, -0.05) is 24.8 Å². The van der Waals surface area contributed by atoms with Crippen molar-refractivity contribution in [2.75, 3.05) is 19.5 Å².